The van der Waals surface area contributed by atoms with Gasteiger partial charge in [-0.25, -0.2) is 15.0 Å². The summed E-state index contributed by atoms with van der Waals surface area (Å²) in [5, 5.41) is 4.12. The number of hydrogen-bond donors (Lipinski definition) is 0. The third kappa shape index (κ3) is 5.42. The van der Waals surface area contributed by atoms with Crippen molar-refractivity contribution >= 4 is 51.0 Å². The molecule has 5 nitrogen and oxygen atoms in total. The van der Waals surface area contributed by atoms with Crippen LogP contribution in [0.5, 0.6) is 0 Å². The summed E-state index contributed by atoms with van der Waals surface area (Å²) < 4.78 is 8.98. The largest absolute Gasteiger partial charge is 0.454 e. The molecule has 0 N–H and O–H groups in total. The zero-order valence-corrected chi connectivity index (χ0v) is 28.0. The summed E-state index contributed by atoms with van der Waals surface area (Å²) >= 11 is 0. The Balaban J connectivity index is 1.19. The molecule has 9 aromatic rings. The molecular formula is C46H32N4O. The minimum Gasteiger partial charge on any atom is -0.454 e. The Labute approximate surface area is 294 Å². The molecule has 0 spiro atoms. The summed E-state index contributed by atoms with van der Waals surface area (Å²) in [5.74, 6) is 1.82. The smallest absolute Gasteiger partial charge is 0.164 e. The Kier molecular flexibility index (Phi) is 7.44. The lowest BCUT2D eigenvalue weighted by molar-refractivity contribution is 0.578. The topological polar surface area (TPSA) is 56.7 Å². The number of benzene rings is 6. The van der Waals surface area contributed by atoms with Gasteiger partial charge in [0.2, 0.25) is 0 Å². The average Bonchev–Trinajstić information content (AvgIpc) is 3.72. The van der Waals surface area contributed by atoms with Gasteiger partial charge in [0.05, 0.1) is 11.0 Å². The molecule has 0 amide bonds. The van der Waals surface area contributed by atoms with E-state index in [1.54, 1.807) is 0 Å². The van der Waals surface area contributed by atoms with Crippen LogP contribution in [0.1, 0.15) is 12.7 Å². The van der Waals surface area contributed by atoms with Crippen LogP contribution in [-0.4, -0.2) is 19.5 Å². The standard InChI is InChI=1S/C46H32N4O/c1-30(44-47-45(33-17-8-4-9-18-33)49-46(48-44)35-20-14-19-34(29-35)32-15-6-3-7-16-32)25-28-41-31(2)37-26-27-39-38-23-12-13-24-40(38)50(42(39)43(37)51-41)36-21-10-5-11-22-36/h3-29H,2H2,1H3/b30-25+,41-28+. The van der Waals surface area contributed by atoms with E-state index in [1.165, 1.54) is 5.39 Å². The van der Waals surface area contributed by atoms with Crippen LogP contribution in [-0.2, 0) is 0 Å². The summed E-state index contributed by atoms with van der Waals surface area (Å²) in [5.41, 5.74) is 9.69. The molecule has 5 heteroatoms. The van der Waals surface area contributed by atoms with Crippen molar-refractivity contribution in [3.05, 3.63) is 174 Å². The SMILES string of the molecule is C=c1/c(=C\C=C(/C)c2nc(-c3ccccc3)nc(-c3cccc(-c4ccccc4)c3)n2)oc2c1ccc1c3ccccc3n(-c3ccccc3)c12. The lowest BCUT2D eigenvalue weighted by Crippen LogP contribution is -2.17. The van der Waals surface area contributed by atoms with Crippen molar-refractivity contribution in [1.29, 1.82) is 0 Å². The Hall–Kier alpha value is -6.85. The summed E-state index contributed by atoms with van der Waals surface area (Å²) in [4.78, 5) is 14.9. The van der Waals surface area contributed by atoms with Gasteiger partial charge in [-0.2, -0.15) is 0 Å². The Bertz CT molecular complexity index is 2870. The van der Waals surface area contributed by atoms with Crippen LogP contribution in [0.15, 0.2) is 162 Å². The molecular weight excluding hydrogens is 625 g/mol. The van der Waals surface area contributed by atoms with Crippen LogP contribution in [0, 0.1) is 0 Å². The zero-order chi connectivity index (χ0) is 34.3. The van der Waals surface area contributed by atoms with E-state index in [0.29, 0.717) is 22.9 Å². The summed E-state index contributed by atoms with van der Waals surface area (Å²) in [6.45, 7) is 6.47. The minimum absolute atomic E-state index is 0.591. The minimum atomic E-state index is 0.591. The Morgan fingerprint density at radius 2 is 1.20 bits per heavy atom. The molecule has 0 aliphatic heterocycles. The number of allylic oxidation sites excluding steroid dienone is 2. The van der Waals surface area contributed by atoms with Crippen LogP contribution >= 0.6 is 0 Å². The van der Waals surface area contributed by atoms with Gasteiger partial charge in [-0.05, 0) is 60.0 Å². The molecule has 0 aliphatic carbocycles. The highest BCUT2D eigenvalue weighted by Crippen LogP contribution is 2.35. The number of aromatic nitrogens is 4. The van der Waals surface area contributed by atoms with Crippen LogP contribution in [0.25, 0.3) is 90.6 Å². The molecule has 0 saturated carbocycles. The first kappa shape index (κ1) is 30.2. The maximum absolute atomic E-state index is 6.69. The van der Waals surface area contributed by atoms with Crippen LogP contribution < -0.4 is 10.6 Å². The summed E-state index contributed by atoms with van der Waals surface area (Å²) in [6.07, 6.45) is 3.98. The van der Waals surface area contributed by atoms with Crippen LogP contribution in [0.4, 0.5) is 0 Å². The van der Waals surface area contributed by atoms with E-state index in [4.69, 9.17) is 19.4 Å². The molecule has 242 valence electrons. The molecule has 51 heavy (non-hydrogen) atoms. The molecule has 0 unspecified atom stereocenters. The van der Waals surface area contributed by atoms with Gasteiger partial charge in [-0.15, -0.1) is 0 Å². The van der Waals surface area contributed by atoms with E-state index < -0.39 is 0 Å². The van der Waals surface area contributed by atoms with Crippen molar-refractivity contribution in [2.24, 2.45) is 0 Å². The van der Waals surface area contributed by atoms with Gasteiger partial charge < -0.3 is 8.98 Å². The molecule has 0 bridgehead atoms. The van der Waals surface area contributed by atoms with Gasteiger partial charge >= 0.3 is 0 Å². The third-order valence-electron chi connectivity index (χ3n) is 9.37. The first-order valence-electron chi connectivity index (χ1n) is 17.0. The number of hydrogen-bond acceptors (Lipinski definition) is 4. The third-order valence-corrected chi connectivity index (χ3v) is 9.37. The van der Waals surface area contributed by atoms with Crippen molar-refractivity contribution in [3.63, 3.8) is 0 Å². The fourth-order valence-corrected chi connectivity index (χ4v) is 6.79. The molecule has 0 fully saturated rings. The highest BCUT2D eigenvalue weighted by Gasteiger charge is 2.18. The number of furan rings is 1. The lowest BCUT2D eigenvalue weighted by Gasteiger charge is -2.09. The van der Waals surface area contributed by atoms with Crippen molar-refractivity contribution in [2.45, 2.75) is 6.92 Å². The fraction of sp³-hybridized carbons (Fsp3) is 0.0217. The Morgan fingerprint density at radius 3 is 1.96 bits per heavy atom. The van der Waals surface area contributed by atoms with Gasteiger partial charge in [-0.3, -0.25) is 0 Å². The van der Waals surface area contributed by atoms with Gasteiger partial charge in [0.1, 0.15) is 5.42 Å². The van der Waals surface area contributed by atoms with E-state index in [2.05, 4.69) is 96.1 Å². The second-order valence-corrected chi connectivity index (χ2v) is 12.6. The second kappa shape index (κ2) is 12.6. The molecule has 0 atom stereocenters. The molecule has 3 aromatic heterocycles. The van der Waals surface area contributed by atoms with E-state index in [-0.39, 0.29) is 0 Å². The lowest BCUT2D eigenvalue weighted by atomic mass is 10.0. The summed E-state index contributed by atoms with van der Waals surface area (Å²) in [6, 6.07) is 51.9. The number of para-hydroxylation sites is 2. The molecule has 9 rings (SSSR count). The second-order valence-electron chi connectivity index (χ2n) is 12.6. The van der Waals surface area contributed by atoms with E-state index in [1.807, 2.05) is 85.8 Å². The van der Waals surface area contributed by atoms with Crippen molar-refractivity contribution < 1.29 is 4.42 Å². The van der Waals surface area contributed by atoms with Crippen molar-refractivity contribution in [2.75, 3.05) is 0 Å². The monoisotopic (exact) mass is 656 g/mol. The van der Waals surface area contributed by atoms with Gasteiger partial charge in [0.15, 0.2) is 23.1 Å². The number of nitrogens with zero attached hydrogens (tertiary/aromatic N) is 4. The molecule has 3 heterocycles. The number of fused-ring (bicyclic) bond motifs is 5. The highest BCUT2D eigenvalue weighted by molar-refractivity contribution is 6.17. The maximum Gasteiger partial charge on any atom is 0.164 e. The molecule has 0 radical (unpaired) electrons. The van der Waals surface area contributed by atoms with Gasteiger partial charge in [0, 0.05) is 38.2 Å². The maximum atomic E-state index is 6.69. The predicted octanol–water partition coefficient (Wildman–Crippen LogP) is 10.0. The van der Waals surface area contributed by atoms with E-state index in [9.17, 15) is 0 Å². The predicted molar refractivity (Wildman–Crippen MR) is 210 cm³/mol. The molecule has 6 aromatic carbocycles. The zero-order valence-electron chi connectivity index (χ0n) is 28.0. The van der Waals surface area contributed by atoms with E-state index >= 15 is 0 Å². The normalized spacial score (nSPS) is 12.3. The first-order valence-corrected chi connectivity index (χ1v) is 17.0. The van der Waals surface area contributed by atoms with E-state index in [0.717, 1.165) is 66.1 Å². The van der Waals surface area contributed by atoms with Crippen LogP contribution in [0.2, 0.25) is 0 Å². The van der Waals surface area contributed by atoms with Gasteiger partial charge in [0.25, 0.3) is 0 Å². The summed E-state index contributed by atoms with van der Waals surface area (Å²) in [7, 11) is 0. The fourth-order valence-electron chi connectivity index (χ4n) is 6.79. The number of rotatable bonds is 6. The highest BCUT2D eigenvalue weighted by atomic mass is 16.3. The van der Waals surface area contributed by atoms with Gasteiger partial charge in [-0.1, -0.05) is 134 Å². The molecule has 0 aliphatic rings. The molecule has 0 saturated heterocycles. The average molecular weight is 657 g/mol. The van der Waals surface area contributed by atoms with Crippen molar-refractivity contribution in [3.8, 4) is 39.6 Å². The first-order chi connectivity index (χ1) is 25.1. The Morgan fingerprint density at radius 1 is 0.588 bits per heavy atom. The van der Waals surface area contributed by atoms with Crippen LogP contribution in [0.3, 0.4) is 0 Å². The van der Waals surface area contributed by atoms with Crippen molar-refractivity contribution in [1.82, 2.24) is 19.5 Å². The quantitative estimate of drug-likeness (QED) is 0.179.